The fourth-order valence-electron chi connectivity index (χ4n) is 3.78. The lowest BCUT2D eigenvalue weighted by atomic mass is 9.99. The van der Waals surface area contributed by atoms with E-state index in [4.69, 9.17) is 16.3 Å². The van der Waals surface area contributed by atoms with Crippen LogP contribution in [0.25, 0.3) is 16.3 Å². The number of rotatable bonds is 5. The molecule has 160 valence electrons. The molecule has 3 aromatic rings. The number of pyridine rings is 1. The van der Waals surface area contributed by atoms with Crippen molar-refractivity contribution in [1.29, 1.82) is 0 Å². The van der Waals surface area contributed by atoms with Gasteiger partial charge in [-0.15, -0.1) is 0 Å². The molecule has 1 aliphatic heterocycles. The highest BCUT2D eigenvalue weighted by molar-refractivity contribution is 6.33. The molecule has 2 N–H and O–H groups in total. The molecule has 5 nitrogen and oxygen atoms in total. The molecule has 0 radical (unpaired) electrons. The van der Waals surface area contributed by atoms with Gasteiger partial charge in [-0.25, -0.2) is 9.37 Å². The van der Waals surface area contributed by atoms with E-state index >= 15 is 0 Å². The Kier molecular flexibility index (Phi) is 6.11. The van der Waals surface area contributed by atoms with Crippen molar-refractivity contribution in [3.63, 3.8) is 0 Å². The normalized spacial score (nSPS) is 15.0. The van der Waals surface area contributed by atoms with Crippen molar-refractivity contribution in [1.82, 2.24) is 10.3 Å². The molecule has 0 bridgehead atoms. The molecule has 1 fully saturated rings. The summed E-state index contributed by atoms with van der Waals surface area (Å²) in [7, 11) is 0. The molecule has 31 heavy (non-hydrogen) atoms. The molecule has 0 atom stereocenters. The fourth-order valence-corrected chi connectivity index (χ4v) is 4.03. The summed E-state index contributed by atoms with van der Waals surface area (Å²) in [5.41, 5.74) is 0.315. The van der Waals surface area contributed by atoms with Gasteiger partial charge < -0.3 is 20.1 Å². The number of anilines is 1. The summed E-state index contributed by atoms with van der Waals surface area (Å²) in [6.07, 6.45) is 1.67. The zero-order valence-corrected chi connectivity index (χ0v) is 17.9. The first-order chi connectivity index (χ1) is 15.0. The van der Waals surface area contributed by atoms with Crippen molar-refractivity contribution in [2.45, 2.75) is 6.92 Å². The maximum absolute atomic E-state index is 14.2. The van der Waals surface area contributed by atoms with Gasteiger partial charge in [0.05, 0.1) is 17.5 Å². The number of hydrogen-bond donors (Lipinski definition) is 2. The molecular formula is C24H23ClFN3O2. The van der Waals surface area contributed by atoms with E-state index in [2.05, 4.69) is 21.8 Å². The number of para-hydroxylation sites is 1. The van der Waals surface area contributed by atoms with E-state index in [9.17, 15) is 9.50 Å². The lowest BCUT2D eigenvalue weighted by Gasteiger charge is -2.29. The maximum atomic E-state index is 14.2. The molecule has 0 spiro atoms. The summed E-state index contributed by atoms with van der Waals surface area (Å²) in [5.74, 6) is 0.993. The fraction of sp³-hybridized carbons (Fsp3) is 0.208. The zero-order valence-electron chi connectivity index (χ0n) is 17.2. The Morgan fingerprint density at radius 2 is 1.90 bits per heavy atom. The van der Waals surface area contributed by atoms with Crippen molar-refractivity contribution in [3.8, 4) is 11.5 Å². The van der Waals surface area contributed by atoms with Gasteiger partial charge in [0.1, 0.15) is 17.4 Å². The first-order valence-electron chi connectivity index (χ1n) is 10.0. The number of halogens is 2. The van der Waals surface area contributed by atoms with Crippen LogP contribution in [0.2, 0.25) is 5.02 Å². The first kappa shape index (κ1) is 21.2. The summed E-state index contributed by atoms with van der Waals surface area (Å²) in [6, 6.07) is 12.8. The van der Waals surface area contributed by atoms with Crippen molar-refractivity contribution >= 4 is 33.8 Å². The third-order valence-electron chi connectivity index (χ3n) is 5.21. The zero-order chi connectivity index (χ0) is 22.0. The number of allylic oxidation sites excluding steroid dienone is 3. The van der Waals surface area contributed by atoms with E-state index in [1.165, 1.54) is 6.92 Å². The standard InChI is InChI=1S/C24H23ClFN3O2/c1-15(26)23(16(2)30)20-12-18-19(13-21(20)25)24(29-10-8-27-9-11-29)28-14-22(18)31-17-6-4-3-5-7-17/h3-7,12-14,27,30H,1,8-11H2,2H3/b23-16-. The van der Waals surface area contributed by atoms with E-state index < -0.39 is 5.83 Å². The Labute approximate surface area is 185 Å². The number of piperazine rings is 1. The molecule has 1 saturated heterocycles. The Morgan fingerprint density at radius 1 is 1.19 bits per heavy atom. The number of aromatic nitrogens is 1. The topological polar surface area (TPSA) is 57.6 Å². The summed E-state index contributed by atoms with van der Waals surface area (Å²) >= 11 is 6.56. The van der Waals surface area contributed by atoms with Gasteiger partial charge in [-0.2, -0.15) is 0 Å². The summed E-state index contributed by atoms with van der Waals surface area (Å²) in [5, 5.41) is 15.2. The Morgan fingerprint density at radius 3 is 2.55 bits per heavy atom. The Hall–Kier alpha value is -3.09. The van der Waals surface area contributed by atoms with Crippen LogP contribution in [0, 0.1) is 0 Å². The minimum Gasteiger partial charge on any atom is -0.512 e. The van der Waals surface area contributed by atoms with Gasteiger partial charge in [-0.1, -0.05) is 36.4 Å². The number of nitrogens with zero attached hydrogens (tertiary/aromatic N) is 2. The van der Waals surface area contributed by atoms with E-state index in [1.807, 2.05) is 30.3 Å². The minimum atomic E-state index is -0.761. The van der Waals surface area contributed by atoms with Gasteiger partial charge in [0.2, 0.25) is 0 Å². The van der Waals surface area contributed by atoms with Crippen LogP contribution in [0.5, 0.6) is 11.5 Å². The van der Waals surface area contributed by atoms with Gasteiger partial charge >= 0.3 is 0 Å². The second-order valence-electron chi connectivity index (χ2n) is 7.34. The molecule has 2 aromatic carbocycles. The molecule has 1 aliphatic rings. The molecule has 2 heterocycles. The third-order valence-corrected chi connectivity index (χ3v) is 5.52. The van der Waals surface area contributed by atoms with Gasteiger partial charge in [0.25, 0.3) is 0 Å². The number of fused-ring (bicyclic) bond motifs is 1. The number of aliphatic hydroxyl groups is 1. The summed E-state index contributed by atoms with van der Waals surface area (Å²) in [4.78, 5) is 6.86. The molecule has 0 saturated carbocycles. The maximum Gasteiger partial charge on any atom is 0.153 e. The number of aliphatic hydroxyl groups excluding tert-OH is 1. The van der Waals surface area contributed by atoms with E-state index in [0.717, 1.165) is 37.4 Å². The molecule has 4 rings (SSSR count). The molecular weight excluding hydrogens is 417 g/mol. The first-order valence-corrected chi connectivity index (χ1v) is 10.4. The van der Waals surface area contributed by atoms with Crippen molar-refractivity contribution in [3.05, 3.63) is 77.4 Å². The second-order valence-corrected chi connectivity index (χ2v) is 7.75. The highest BCUT2D eigenvalue weighted by atomic mass is 35.5. The molecule has 1 aromatic heterocycles. The van der Waals surface area contributed by atoms with Gasteiger partial charge in [-0.3, -0.25) is 0 Å². The van der Waals surface area contributed by atoms with Crippen molar-refractivity contribution in [2.24, 2.45) is 0 Å². The van der Waals surface area contributed by atoms with Gasteiger partial charge in [0.15, 0.2) is 5.75 Å². The van der Waals surface area contributed by atoms with Crippen molar-refractivity contribution < 1.29 is 14.2 Å². The number of ether oxygens (including phenoxy) is 1. The molecule has 0 amide bonds. The quantitative estimate of drug-likeness (QED) is 0.385. The van der Waals surface area contributed by atoms with Crippen LogP contribution in [-0.2, 0) is 0 Å². The molecule has 0 unspecified atom stereocenters. The average molecular weight is 440 g/mol. The van der Waals surface area contributed by atoms with Crippen LogP contribution in [0.1, 0.15) is 12.5 Å². The number of benzene rings is 2. The third kappa shape index (κ3) is 4.36. The smallest absolute Gasteiger partial charge is 0.153 e. The Bertz CT molecular complexity index is 1150. The SMILES string of the molecule is C=C(F)/C(=C(\C)O)c1cc2c(Oc3ccccc3)cnc(N3CCNCC3)c2cc1Cl. The summed E-state index contributed by atoms with van der Waals surface area (Å²) < 4.78 is 20.3. The number of nitrogens with one attached hydrogen (secondary N) is 1. The lowest BCUT2D eigenvalue weighted by molar-refractivity contribution is 0.415. The number of hydrogen-bond acceptors (Lipinski definition) is 5. The van der Waals surface area contributed by atoms with Crippen LogP contribution in [-0.4, -0.2) is 36.3 Å². The van der Waals surface area contributed by atoms with Crippen LogP contribution < -0.4 is 15.0 Å². The Balaban J connectivity index is 1.93. The van der Waals surface area contributed by atoms with Crippen LogP contribution in [0.3, 0.4) is 0 Å². The van der Waals surface area contributed by atoms with Crippen LogP contribution >= 0.6 is 11.6 Å². The molecule has 0 aliphatic carbocycles. The predicted octanol–water partition coefficient (Wildman–Crippen LogP) is 5.86. The second kappa shape index (κ2) is 8.96. The van der Waals surface area contributed by atoms with Crippen molar-refractivity contribution in [2.75, 3.05) is 31.1 Å². The monoisotopic (exact) mass is 439 g/mol. The largest absolute Gasteiger partial charge is 0.512 e. The summed E-state index contributed by atoms with van der Waals surface area (Å²) in [6.45, 7) is 8.09. The van der Waals surface area contributed by atoms with Crippen LogP contribution in [0.15, 0.2) is 66.8 Å². The highest BCUT2D eigenvalue weighted by Gasteiger charge is 2.21. The van der Waals surface area contributed by atoms with Crippen LogP contribution in [0.4, 0.5) is 10.2 Å². The molecule has 7 heteroatoms. The van der Waals surface area contributed by atoms with Gasteiger partial charge in [-0.05, 0) is 31.2 Å². The van der Waals surface area contributed by atoms with E-state index in [1.54, 1.807) is 18.3 Å². The highest BCUT2D eigenvalue weighted by Crippen LogP contribution is 2.41. The van der Waals surface area contributed by atoms with E-state index in [0.29, 0.717) is 27.5 Å². The van der Waals surface area contributed by atoms with E-state index in [-0.39, 0.29) is 11.3 Å². The lowest BCUT2D eigenvalue weighted by Crippen LogP contribution is -2.44. The van der Waals surface area contributed by atoms with Gasteiger partial charge in [0, 0.05) is 47.5 Å². The predicted molar refractivity (Wildman–Crippen MR) is 124 cm³/mol. The average Bonchev–Trinajstić information content (AvgIpc) is 2.75. The minimum absolute atomic E-state index is 0.0295.